The number of amides is 2. The van der Waals surface area contributed by atoms with Gasteiger partial charge in [0.25, 0.3) is 5.91 Å². The van der Waals surface area contributed by atoms with Gasteiger partial charge in [0.1, 0.15) is 0 Å². The molecule has 2 spiro atoms. The molecule has 2 aliphatic carbocycles. The zero-order valence-corrected chi connectivity index (χ0v) is 23.9. The maximum absolute atomic E-state index is 13.9. The van der Waals surface area contributed by atoms with E-state index in [0.29, 0.717) is 28.0 Å². The number of aliphatic hydroxyl groups excluding tert-OH is 1. The Balaban J connectivity index is 1.32. The standard InChI is InChI=1S/C30H38N4O5S/c1-33-26-23(30(28(33)37)10-3-2-4-11-30)6-5-7-24(26)31-27(36)22-9-8-21(32-40(38,39)19-18-35)20-25(22)34-16-14-29(12-13-29)15-17-34/h5-9,20,32,35H,2-4,10-19H2,1H3,(H,31,36). The Morgan fingerprint density at radius 2 is 1.73 bits per heavy atom. The lowest BCUT2D eigenvalue weighted by Gasteiger charge is -2.35. The van der Waals surface area contributed by atoms with Gasteiger partial charge < -0.3 is 20.2 Å². The molecule has 1 saturated heterocycles. The number of carbonyl (C=O) groups is 2. The number of likely N-dealkylation sites (N-methyl/N-ethyl adjacent to an activating group) is 1. The maximum atomic E-state index is 13.9. The van der Waals surface area contributed by atoms with Crippen LogP contribution in [-0.4, -0.2) is 57.8 Å². The topological polar surface area (TPSA) is 119 Å². The molecule has 3 N–H and O–H groups in total. The van der Waals surface area contributed by atoms with Gasteiger partial charge in [0.15, 0.2) is 0 Å². The molecule has 0 atom stereocenters. The minimum absolute atomic E-state index is 0.103. The number of fused-ring (bicyclic) bond motifs is 2. The second-order valence-electron chi connectivity index (χ2n) is 12.0. The van der Waals surface area contributed by atoms with E-state index in [1.54, 1.807) is 30.1 Å². The predicted molar refractivity (Wildman–Crippen MR) is 157 cm³/mol. The molecule has 0 radical (unpaired) electrons. The smallest absolute Gasteiger partial charge is 0.257 e. The van der Waals surface area contributed by atoms with Crippen LogP contribution < -0.4 is 19.8 Å². The molecule has 0 aromatic heterocycles. The van der Waals surface area contributed by atoms with Crippen molar-refractivity contribution in [2.45, 2.75) is 63.2 Å². The van der Waals surface area contributed by atoms with Crippen LogP contribution in [-0.2, 0) is 20.2 Å². The molecule has 40 heavy (non-hydrogen) atoms. The van der Waals surface area contributed by atoms with Gasteiger partial charge in [-0.2, -0.15) is 0 Å². The van der Waals surface area contributed by atoms with Crippen molar-refractivity contribution in [2.75, 3.05) is 52.3 Å². The average molecular weight is 567 g/mol. The van der Waals surface area contributed by atoms with Gasteiger partial charge in [-0.25, -0.2) is 8.42 Å². The number of aliphatic hydroxyl groups is 1. The predicted octanol–water partition coefficient (Wildman–Crippen LogP) is 4.23. The molecule has 2 heterocycles. The SMILES string of the molecule is CN1C(=O)C2(CCCCC2)c2cccc(NC(=O)c3ccc(NS(=O)(=O)CCO)cc3N3CCC4(CC3)CC4)c21. The first-order valence-corrected chi connectivity index (χ1v) is 16.1. The Hall–Kier alpha value is -3.11. The lowest BCUT2D eigenvalue weighted by atomic mass is 9.70. The largest absolute Gasteiger partial charge is 0.395 e. The van der Waals surface area contributed by atoms with E-state index in [9.17, 15) is 18.0 Å². The average Bonchev–Trinajstić information content (AvgIpc) is 3.67. The molecular formula is C30H38N4O5S. The first-order chi connectivity index (χ1) is 19.2. The first-order valence-electron chi connectivity index (χ1n) is 14.4. The Kier molecular flexibility index (Phi) is 6.81. The van der Waals surface area contributed by atoms with Crippen molar-refractivity contribution in [3.63, 3.8) is 0 Å². The Morgan fingerprint density at radius 3 is 2.40 bits per heavy atom. The molecule has 2 aromatic carbocycles. The van der Waals surface area contributed by atoms with Gasteiger partial charge in [-0.15, -0.1) is 0 Å². The summed E-state index contributed by atoms with van der Waals surface area (Å²) in [7, 11) is -1.92. The molecule has 4 aliphatic rings. The molecule has 214 valence electrons. The molecule has 3 fully saturated rings. The van der Waals surface area contributed by atoms with Crippen molar-refractivity contribution < 1.29 is 23.1 Å². The van der Waals surface area contributed by atoms with E-state index in [2.05, 4.69) is 14.9 Å². The number of anilines is 4. The number of para-hydroxylation sites is 1. The maximum Gasteiger partial charge on any atom is 0.257 e. The summed E-state index contributed by atoms with van der Waals surface area (Å²) in [5.74, 6) is -0.597. The van der Waals surface area contributed by atoms with Crippen molar-refractivity contribution in [3.8, 4) is 0 Å². The van der Waals surface area contributed by atoms with Crippen molar-refractivity contribution in [3.05, 3.63) is 47.5 Å². The number of nitrogens with one attached hydrogen (secondary N) is 2. The monoisotopic (exact) mass is 566 g/mol. The Bertz CT molecular complexity index is 1440. The fourth-order valence-electron chi connectivity index (χ4n) is 7.06. The van der Waals surface area contributed by atoms with Gasteiger partial charge in [0, 0.05) is 20.1 Å². The summed E-state index contributed by atoms with van der Waals surface area (Å²) in [5.41, 5.74) is 3.80. The summed E-state index contributed by atoms with van der Waals surface area (Å²) in [4.78, 5) is 31.2. The number of nitrogens with zero attached hydrogens (tertiary/aromatic N) is 2. The quantitative estimate of drug-likeness (QED) is 0.462. The third-order valence-electron chi connectivity index (χ3n) is 9.55. The second-order valence-corrected chi connectivity index (χ2v) is 13.9. The first kappa shape index (κ1) is 27.1. The van der Waals surface area contributed by atoms with Crippen LogP contribution in [0, 0.1) is 5.41 Å². The molecule has 10 heteroatoms. The summed E-state index contributed by atoms with van der Waals surface area (Å²) in [5, 5.41) is 12.2. The summed E-state index contributed by atoms with van der Waals surface area (Å²) in [6, 6.07) is 10.7. The van der Waals surface area contributed by atoms with Gasteiger partial charge in [-0.3, -0.25) is 14.3 Å². The van der Waals surface area contributed by atoms with E-state index in [1.807, 2.05) is 18.2 Å². The van der Waals surface area contributed by atoms with Gasteiger partial charge in [0.2, 0.25) is 15.9 Å². The van der Waals surface area contributed by atoms with Crippen LogP contribution in [0.4, 0.5) is 22.7 Å². The lowest BCUT2D eigenvalue weighted by molar-refractivity contribution is -0.124. The van der Waals surface area contributed by atoms with Crippen molar-refractivity contribution in [1.82, 2.24) is 0 Å². The van der Waals surface area contributed by atoms with Crippen molar-refractivity contribution >= 4 is 44.6 Å². The van der Waals surface area contributed by atoms with E-state index in [1.165, 1.54) is 12.8 Å². The van der Waals surface area contributed by atoms with Crippen LogP contribution in [0.2, 0.25) is 0 Å². The molecular weight excluding hydrogens is 528 g/mol. The highest BCUT2D eigenvalue weighted by atomic mass is 32.2. The normalized spacial score (nSPS) is 21.0. The molecule has 2 aromatic rings. The number of carbonyl (C=O) groups excluding carboxylic acids is 2. The number of hydrogen-bond donors (Lipinski definition) is 3. The second kappa shape index (κ2) is 10.1. The Morgan fingerprint density at radius 1 is 1.00 bits per heavy atom. The number of sulfonamides is 1. The Labute approximate surface area is 236 Å². The van der Waals surface area contributed by atoms with Crippen LogP contribution >= 0.6 is 0 Å². The number of rotatable bonds is 7. The molecule has 6 rings (SSSR count). The molecule has 2 saturated carbocycles. The van der Waals surface area contributed by atoms with Crippen molar-refractivity contribution in [2.24, 2.45) is 5.41 Å². The van der Waals surface area contributed by atoms with E-state index in [0.717, 1.165) is 69.3 Å². The van der Waals surface area contributed by atoms with Gasteiger partial charge in [-0.1, -0.05) is 31.4 Å². The number of benzene rings is 2. The molecule has 0 bridgehead atoms. The van der Waals surface area contributed by atoms with E-state index in [4.69, 9.17) is 5.11 Å². The van der Waals surface area contributed by atoms with Crippen LogP contribution in [0.25, 0.3) is 0 Å². The fraction of sp³-hybridized carbons (Fsp3) is 0.533. The summed E-state index contributed by atoms with van der Waals surface area (Å²) >= 11 is 0. The van der Waals surface area contributed by atoms with E-state index < -0.39 is 27.8 Å². The van der Waals surface area contributed by atoms with Gasteiger partial charge in [0.05, 0.1) is 46.1 Å². The van der Waals surface area contributed by atoms with Crippen LogP contribution in [0.3, 0.4) is 0 Å². The highest BCUT2D eigenvalue weighted by Crippen LogP contribution is 2.54. The summed E-state index contributed by atoms with van der Waals surface area (Å²) in [6.07, 6.45) is 9.44. The summed E-state index contributed by atoms with van der Waals surface area (Å²) < 4.78 is 27.2. The van der Waals surface area contributed by atoms with Crippen molar-refractivity contribution in [1.29, 1.82) is 0 Å². The van der Waals surface area contributed by atoms with Crippen LogP contribution in [0.15, 0.2) is 36.4 Å². The molecule has 0 unspecified atom stereocenters. The highest BCUT2D eigenvalue weighted by molar-refractivity contribution is 7.92. The molecule has 9 nitrogen and oxygen atoms in total. The van der Waals surface area contributed by atoms with Gasteiger partial charge >= 0.3 is 0 Å². The minimum atomic E-state index is -3.71. The number of hydrogen-bond acceptors (Lipinski definition) is 6. The zero-order chi connectivity index (χ0) is 28.1. The summed E-state index contributed by atoms with van der Waals surface area (Å²) in [6.45, 7) is 1.12. The third kappa shape index (κ3) is 4.75. The van der Waals surface area contributed by atoms with Crippen LogP contribution in [0.5, 0.6) is 0 Å². The van der Waals surface area contributed by atoms with Crippen LogP contribution in [0.1, 0.15) is 73.7 Å². The third-order valence-corrected chi connectivity index (χ3v) is 10.8. The van der Waals surface area contributed by atoms with E-state index >= 15 is 0 Å². The number of piperidine rings is 1. The van der Waals surface area contributed by atoms with E-state index in [-0.39, 0.29) is 11.8 Å². The highest BCUT2D eigenvalue weighted by Gasteiger charge is 2.50. The zero-order valence-electron chi connectivity index (χ0n) is 23.0. The minimum Gasteiger partial charge on any atom is -0.395 e. The lowest BCUT2D eigenvalue weighted by Crippen LogP contribution is -2.40. The molecule has 2 amide bonds. The fourth-order valence-corrected chi connectivity index (χ4v) is 7.88. The molecule has 2 aliphatic heterocycles. The van der Waals surface area contributed by atoms with Gasteiger partial charge in [-0.05, 0) is 73.8 Å².